The summed E-state index contributed by atoms with van der Waals surface area (Å²) in [6, 6.07) is 0. The highest BCUT2D eigenvalue weighted by molar-refractivity contribution is 5.72. The van der Waals surface area contributed by atoms with E-state index in [0.717, 1.165) is 12.8 Å². The zero-order valence-corrected chi connectivity index (χ0v) is 6.04. The Hall–Kier alpha value is -0.570. The van der Waals surface area contributed by atoms with Crippen LogP contribution in [0.2, 0.25) is 0 Å². The van der Waals surface area contributed by atoms with Gasteiger partial charge in [-0.2, -0.15) is 0 Å². The maximum absolute atomic E-state index is 10.4. The van der Waals surface area contributed by atoms with Crippen LogP contribution in [0.1, 0.15) is 19.8 Å². The number of rotatable bonds is 1. The third kappa shape index (κ3) is 1.48. The van der Waals surface area contributed by atoms with E-state index in [9.17, 15) is 4.79 Å². The first kappa shape index (κ1) is 7.54. The summed E-state index contributed by atoms with van der Waals surface area (Å²) in [6.45, 7) is 2.51. The van der Waals surface area contributed by atoms with E-state index in [4.69, 9.17) is 9.84 Å². The van der Waals surface area contributed by atoms with Gasteiger partial charge in [-0.3, -0.25) is 0 Å². The number of carboxylic acids is 1. The molecular weight excluding hydrogens is 132 g/mol. The summed E-state index contributed by atoms with van der Waals surface area (Å²) in [7, 11) is 0. The summed E-state index contributed by atoms with van der Waals surface area (Å²) in [5.41, 5.74) is 0. The summed E-state index contributed by atoms with van der Waals surface area (Å²) in [6.07, 6.45) is 1.40. The zero-order valence-electron chi connectivity index (χ0n) is 6.04. The Balaban J connectivity index is 2.47. The lowest BCUT2D eigenvalue weighted by atomic mass is 9.97. The van der Waals surface area contributed by atoms with Gasteiger partial charge in [0, 0.05) is 6.61 Å². The van der Waals surface area contributed by atoms with Crippen LogP contribution in [0.4, 0.5) is 0 Å². The van der Waals surface area contributed by atoms with Gasteiger partial charge in [-0.1, -0.05) is 6.92 Å². The molecule has 0 spiro atoms. The molecule has 0 radical (unpaired) electrons. The Morgan fingerprint density at radius 3 is 2.80 bits per heavy atom. The summed E-state index contributed by atoms with van der Waals surface area (Å²) in [5, 5.41) is 8.58. The SMILES string of the molecule is CC1CCCO[C@@H]1C(=O)O. The highest BCUT2D eigenvalue weighted by Gasteiger charge is 2.27. The molecule has 3 nitrogen and oxygen atoms in total. The molecule has 1 rings (SSSR count). The monoisotopic (exact) mass is 144 g/mol. The van der Waals surface area contributed by atoms with Crippen LogP contribution >= 0.6 is 0 Å². The lowest BCUT2D eigenvalue weighted by molar-refractivity contribution is -0.157. The van der Waals surface area contributed by atoms with Crippen molar-refractivity contribution in [3.63, 3.8) is 0 Å². The molecule has 1 fully saturated rings. The topological polar surface area (TPSA) is 46.5 Å². The van der Waals surface area contributed by atoms with Gasteiger partial charge in [-0.25, -0.2) is 4.79 Å². The molecule has 2 atom stereocenters. The van der Waals surface area contributed by atoms with Crippen LogP contribution < -0.4 is 0 Å². The fourth-order valence-electron chi connectivity index (χ4n) is 1.25. The molecule has 0 aromatic rings. The Labute approximate surface area is 60.0 Å². The van der Waals surface area contributed by atoms with Gasteiger partial charge >= 0.3 is 5.97 Å². The lowest BCUT2D eigenvalue weighted by Gasteiger charge is -2.25. The van der Waals surface area contributed by atoms with Crippen LogP contribution in [0.25, 0.3) is 0 Å². The predicted octanol–water partition coefficient (Wildman–Crippen LogP) is 0.886. The molecule has 1 heterocycles. The van der Waals surface area contributed by atoms with Crippen molar-refractivity contribution in [2.45, 2.75) is 25.9 Å². The maximum Gasteiger partial charge on any atom is 0.333 e. The van der Waals surface area contributed by atoms with E-state index in [1.807, 2.05) is 6.92 Å². The molecule has 0 aromatic carbocycles. The number of ether oxygens (including phenoxy) is 1. The van der Waals surface area contributed by atoms with Gasteiger partial charge in [0.15, 0.2) is 6.10 Å². The van der Waals surface area contributed by atoms with E-state index in [1.54, 1.807) is 0 Å². The quantitative estimate of drug-likeness (QED) is 0.594. The minimum Gasteiger partial charge on any atom is -0.479 e. The van der Waals surface area contributed by atoms with E-state index in [0.29, 0.717) is 6.61 Å². The average Bonchev–Trinajstić information content (AvgIpc) is 1.88. The molecular formula is C7H12O3. The largest absolute Gasteiger partial charge is 0.479 e. The second-order valence-corrected chi connectivity index (χ2v) is 2.75. The summed E-state index contributed by atoms with van der Waals surface area (Å²) < 4.78 is 5.05. The van der Waals surface area contributed by atoms with Crippen molar-refractivity contribution < 1.29 is 14.6 Å². The summed E-state index contributed by atoms with van der Waals surface area (Å²) in [5.74, 6) is -0.654. The van der Waals surface area contributed by atoms with Crippen LogP contribution in [0.3, 0.4) is 0 Å². The van der Waals surface area contributed by atoms with Crippen molar-refractivity contribution in [3.8, 4) is 0 Å². The molecule has 1 aliphatic heterocycles. The molecule has 0 saturated carbocycles. The number of aliphatic carboxylic acids is 1. The number of carboxylic acid groups (broad SMARTS) is 1. The molecule has 0 aliphatic carbocycles. The Morgan fingerprint density at radius 2 is 2.40 bits per heavy atom. The minimum atomic E-state index is -0.827. The molecule has 3 heteroatoms. The zero-order chi connectivity index (χ0) is 7.56. The second-order valence-electron chi connectivity index (χ2n) is 2.75. The van der Waals surface area contributed by atoms with Crippen molar-refractivity contribution >= 4 is 5.97 Å². The minimum absolute atomic E-state index is 0.172. The van der Waals surface area contributed by atoms with Crippen LogP contribution in [0.15, 0.2) is 0 Å². The highest BCUT2D eigenvalue weighted by Crippen LogP contribution is 2.19. The fraction of sp³-hybridized carbons (Fsp3) is 0.857. The van der Waals surface area contributed by atoms with Crippen molar-refractivity contribution in [1.82, 2.24) is 0 Å². The molecule has 10 heavy (non-hydrogen) atoms. The number of hydrogen-bond donors (Lipinski definition) is 1. The van der Waals surface area contributed by atoms with Crippen LogP contribution in [-0.2, 0) is 9.53 Å². The van der Waals surface area contributed by atoms with Crippen molar-refractivity contribution in [3.05, 3.63) is 0 Å². The third-order valence-corrected chi connectivity index (χ3v) is 1.86. The van der Waals surface area contributed by atoms with Crippen molar-refractivity contribution in [2.75, 3.05) is 6.61 Å². The second kappa shape index (κ2) is 3.01. The van der Waals surface area contributed by atoms with E-state index in [2.05, 4.69) is 0 Å². The smallest absolute Gasteiger partial charge is 0.333 e. The summed E-state index contributed by atoms with van der Waals surface area (Å²) in [4.78, 5) is 10.4. The van der Waals surface area contributed by atoms with Gasteiger partial charge in [0.2, 0.25) is 0 Å². The van der Waals surface area contributed by atoms with Crippen molar-refractivity contribution in [1.29, 1.82) is 0 Å². The molecule has 1 unspecified atom stereocenters. The Bertz CT molecular complexity index is 133. The fourth-order valence-corrected chi connectivity index (χ4v) is 1.25. The number of carbonyl (C=O) groups is 1. The predicted molar refractivity (Wildman–Crippen MR) is 35.8 cm³/mol. The highest BCUT2D eigenvalue weighted by atomic mass is 16.5. The first-order valence-corrected chi connectivity index (χ1v) is 3.56. The lowest BCUT2D eigenvalue weighted by Crippen LogP contribution is -2.34. The van der Waals surface area contributed by atoms with E-state index >= 15 is 0 Å². The average molecular weight is 144 g/mol. The normalized spacial score (nSPS) is 33.7. The van der Waals surface area contributed by atoms with Gasteiger partial charge in [0.1, 0.15) is 0 Å². The Morgan fingerprint density at radius 1 is 1.70 bits per heavy atom. The standard InChI is InChI=1S/C7H12O3/c1-5-3-2-4-10-6(5)7(8)9/h5-6H,2-4H2,1H3,(H,8,9)/t5?,6-/m0/s1. The first-order chi connectivity index (χ1) is 4.72. The van der Waals surface area contributed by atoms with Crippen LogP contribution in [0, 0.1) is 5.92 Å². The van der Waals surface area contributed by atoms with Gasteiger partial charge < -0.3 is 9.84 Å². The molecule has 0 amide bonds. The Kier molecular flexibility index (Phi) is 2.27. The van der Waals surface area contributed by atoms with Gasteiger partial charge in [-0.15, -0.1) is 0 Å². The van der Waals surface area contributed by atoms with Gasteiger partial charge in [-0.05, 0) is 18.8 Å². The molecule has 1 aliphatic rings. The van der Waals surface area contributed by atoms with Crippen LogP contribution in [0.5, 0.6) is 0 Å². The summed E-state index contributed by atoms with van der Waals surface area (Å²) >= 11 is 0. The first-order valence-electron chi connectivity index (χ1n) is 3.56. The molecule has 1 N–H and O–H groups in total. The van der Waals surface area contributed by atoms with Crippen LogP contribution in [-0.4, -0.2) is 23.8 Å². The maximum atomic E-state index is 10.4. The van der Waals surface area contributed by atoms with Gasteiger partial charge in [0.25, 0.3) is 0 Å². The molecule has 0 aromatic heterocycles. The van der Waals surface area contributed by atoms with E-state index in [-0.39, 0.29) is 5.92 Å². The molecule has 1 saturated heterocycles. The molecule has 0 bridgehead atoms. The number of hydrogen-bond acceptors (Lipinski definition) is 2. The van der Waals surface area contributed by atoms with Gasteiger partial charge in [0.05, 0.1) is 0 Å². The van der Waals surface area contributed by atoms with E-state index < -0.39 is 12.1 Å². The van der Waals surface area contributed by atoms with Crippen molar-refractivity contribution in [2.24, 2.45) is 5.92 Å². The molecule has 58 valence electrons. The van der Waals surface area contributed by atoms with E-state index in [1.165, 1.54) is 0 Å². The third-order valence-electron chi connectivity index (χ3n) is 1.86.